The van der Waals surface area contributed by atoms with Crippen molar-refractivity contribution in [2.75, 3.05) is 7.11 Å². The fourth-order valence-corrected chi connectivity index (χ4v) is 2.52. The number of nitrogens with one attached hydrogen (secondary N) is 1. The lowest BCUT2D eigenvalue weighted by Gasteiger charge is -2.22. The number of hydrogen-bond acceptors (Lipinski definition) is 3. The molecule has 1 aromatic heterocycles. The van der Waals surface area contributed by atoms with Crippen LogP contribution in [-0.2, 0) is 9.53 Å². The second kappa shape index (κ2) is 5.43. The zero-order chi connectivity index (χ0) is 15.8. The summed E-state index contributed by atoms with van der Waals surface area (Å²) in [6.45, 7) is 9.49. The average molecular weight is 289 g/mol. The van der Waals surface area contributed by atoms with Gasteiger partial charge in [-0.3, -0.25) is 4.79 Å². The summed E-state index contributed by atoms with van der Waals surface area (Å²) in [5.74, 6) is 0.235. The molecule has 1 aromatic carbocycles. The van der Waals surface area contributed by atoms with Crippen LogP contribution in [0.3, 0.4) is 0 Å². The van der Waals surface area contributed by atoms with E-state index in [9.17, 15) is 4.79 Å². The van der Waals surface area contributed by atoms with Crippen molar-refractivity contribution in [3.8, 4) is 5.75 Å². The third-order valence-electron chi connectivity index (χ3n) is 3.44. The zero-order valence-electron chi connectivity index (χ0n) is 13.5. The van der Waals surface area contributed by atoms with E-state index in [0.29, 0.717) is 0 Å². The van der Waals surface area contributed by atoms with Gasteiger partial charge >= 0.3 is 5.97 Å². The smallest absolute Gasteiger partial charge is 0.313 e. The Labute approximate surface area is 125 Å². The number of aromatic amines is 1. The molecule has 0 saturated heterocycles. The molecule has 2 aromatic rings. The normalized spacial score (nSPS) is 13.2. The molecule has 0 aliphatic heterocycles. The Hall–Kier alpha value is -1.97. The van der Waals surface area contributed by atoms with Gasteiger partial charge in [0.15, 0.2) is 0 Å². The number of methoxy groups -OCH3 is 1. The molecular weight excluding hydrogens is 266 g/mol. The van der Waals surface area contributed by atoms with Crippen molar-refractivity contribution in [2.45, 2.75) is 46.1 Å². The third kappa shape index (κ3) is 3.20. The highest BCUT2D eigenvalue weighted by atomic mass is 16.6. The van der Waals surface area contributed by atoms with Crippen molar-refractivity contribution in [1.29, 1.82) is 0 Å². The molecule has 0 spiro atoms. The molecule has 0 aliphatic carbocycles. The highest BCUT2D eigenvalue weighted by Gasteiger charge is 2.26. The number of hydrogen-bond donors (Lipinski definition) is 1. The molecule has 0 radical (unpaired) electrons. The molecule has 4 nitrogen and oxygen atoms in total. The molecule has 0 aliphatic rings. The Kier molecular flexibility index (Phi) is 3.99. The number of H-pyrrole nitrogens is 1. The topological polar surface area (TPSA) is 51.3 Å². The van der Waals surface area contributed by atoms with E-state index in [-0.39, 0.29) is 11.9 Å². The minimum absolute atomic E-state index is 0.214. The Bertz CT molecular complexity index is 664. The van der Waals surface area contributed by atoms with E-state index < -0.39 is 5.60 Å². The van der Waals surface area contributed by atoms with Crippen molar-refractivity contribution in [1.82, 2.24) is 4.98 Å². The predicted molar refractivity (Wildman–Crippen MR) is 83.8 cm³/mol. The quantitative estimate of drug-likeness (QED) is 0.871. The summed E-state index contributed by atoms with van der Waals surface area (Å²) in [7, 11) is 1.64. The number of aromatic nitrogens is 1. The molecule has 21 heavy (non-hydrogen) atoms. The van der Waals surface area contributed by atoms with Gasteiger partial charge in [-0.1, -0.05) is 0 Å². The number of rotatable bonds is 3. The van der Waals surface area contributed by atoms with Gasteiger partial charge in [-0.15, -0.1) is 0 Å². The summed E-state index contributed by atoms with van der Waals surface area (Å²) in [6.07, 6.45) is 0. The number of ether oxygens (including phenoxy) is 2. The van der Waals surface area contributed by atoms with E-state index in [1.165, 1.54) is 0 Å². The Morgan fingerprint density at radius 1 is 1.29 bits per heavy atom. The highest BCUT2D eigenvalue weighted by molar-refractivity contribution is 5.91. The first kappa shape index (κ1) is 15.4. The van der Waals surface area contributed by atoms with Crippen molar-refractivity contribution in [3.05, 3.63) is 29.5 Å². The first-order valence-corrected chi connectivity index (χ1v) is 7.12. The lowest BCUT2D eigenvalue weighted by molar-refractivity contribution is -0.156. The summed E-state index contributed by atoms with van der Waals surface area (Å²) >= 11 is 0. The van der Waals surface area contributed by atoms with Crippen LogP contribution in [0, 0.1) is 6.92 Å². The van der Waals surface area contributed by atoms with Crippen LogP contribution in [-0.4, -0.2) is 23.7 Å². The predicted octanol–water partition coefficient (Wildman–Crippen LogP) is 3.93. The van der Waals surface area contributed by atoms with Crippen LogP contribution >= 0.6 is 0 Å². The summed E-state index contributed by atoms with van der Waals surface area (Å²) in [4.78, 5) is 15.7. The first-order valence-electron chi connectivity index (χ1n) is 7.12. The summed E-state index contributed by atoms with van der Waals surface area (Å²) in [6, 6.07) is 5.82. The van der Waals surface area contributed by atoms with E-state index in [1.807, 2.05) is 52.8 Å². The Balaban J connectivity index is 2.45. The van der Waals surface area contributed by atoms with Gasteiger partial charge in [-0.05, 0) is 58.4 Å². The molecule has 1 N–H and O–H groups in total. The summed E-state index contributed by atoms with van der Waals surface area (Å²) in [5.41, 5.74) is 2.47. The SMILES string of the molecule is COc1ccc2[nH]c(C)c(C(C)C(=O)OC(C)(C)C)c2c1. The van der Waals surface area contributed by atoms with Crippen LogP contribution in [0.2, 0.25) is 0 Å². The van der Waals surface area contributed by atoms with Crippen LogP contribution in [0.1, 0.15) is 44.9 Å². The first-order chi connectivity index (χ1) is 9.73. The molecular formula is C17H23NO3. The van der Waals surface area contributed by atoms with Crippen LogP contribution < -0.4 is 4.74 Å². The minimum atomic E-state index is -0.483. The number of fused-ring (bicyclic) bond motifs is 1. The van der Waals surface area contributed by atoms with E-state index in [4.69, 9.17) is 9.47 Å². The van der Waals surface area contributed by atoms with E-state index in [0.717, 1.165) is 27.9 Å². The second-order valence-corrected chi connectivity index (χ2v) is 6.33. The molecule has 4 heteroatoms. The molecule has 2 rings (SSSR count). The minimum Gasteiger partial charge on any atom is -0.497 e. The maximum atomic E-state index is 12.3. The Morgan fingerprint density at radius 2 is 1.95 bits per heavy atom. The van der Waals surface area contributed by atoms with Gasteiger partial charge in [0.1, 0.15) is 11.4 Å². The van der Waals surface area contributed by atoms with Crippen molar-refractivity contribution in [2.24, 2.45) is 0 Å². The third-order valence-corrected chi connectivity index (χ3v) is 3.44. The molecule has 0 bridgehead atoms. The lowest BCUT2D eigenvalue weighted by atomic mass is 9.97. The summed E-state index contributed by atoms with van der Waals surface area (Å²) < 4.78 is 10.8. The molecule has 1 heterocycles. The monoisotopic (exact) mass is 289 g/mol. The van der Waals surface area contributed by atoms with Crippen LogP contribution in [0.5, 0.6) is 5.75 Å². The maximum absolute atomic E-state index is 12.3. The second-order valence-electron chi connectivity index (χ2n) is 6.33. The fraction of sp³-hybridized carbons (Fsp3) is 0.471. The van der Waals surface area contributed by atoms with E-state index in [1.54, 1.807) is 7.11 Å². The molecule has 1 atom stereocenters. The van der Waals surface area contributed by atoms with Gasteiger partial charge in [0.2, 0.25) is 0 Å². The van der Waals surface area contributed by atoms with Gasteiger partial charge < -0.3 is 14.5 Å². The number of aryl methyl sites for hydroxylation is 1. The number of carbonyl (C=O) groups excluding carboxylic acids is 1. The average Bonchev–Trinajstić information content (AvgIpc) is 2.70. The molecule has 0 saturated carbocycles. The van der Waals surface area contributed by atoms with Gasteiger partial charge in [0.25, 0.3) is 0 Å². The molecule has 0 amide bonds. The van der Waals surface area contributed by atoms with Crippen molar-refractivity contribution >= 4 is 16.9 Å². The maximum Gasteiger partial charge on any atom is 0.313 e. The van der Waals surface area contributed by atoms with E-state index >= 15 is 0 Å². The molecule has 1 unspecified atom stereocenters. The van der Waals surface area contributed by atoms with E-state index in [2.05, 4.69) is 4.98 Å². The van der Waals surface area contributed by atoms with Crippen LogP contribution in [0.25, 0.3) is 10.9 Å². The van der Waals surface area contributed by atoms with Gasteiger partial charge in [0.05, 0.1) is 13.0 Å². The number of benzene rings is 1. The van der Waals surface area contributed by atoms with Gasteiger partial charge in [-0.2, -0.15) is 0 Å². The highest BCUT2D eigenvalue weighted by Crippen LogP contribution is 2.32. The summed E-state index contributed by atoms with van der Waals surface area (Å²) in [5, 5.41) is 1.00. The Morgan fingerprint density at radius 3 is 2.52 bits per heavy atom. The lowest BCUT2D eigenvalue weighted by Crippen LogP contribution is -2.27. The molecule has 0 fully saturated rings. The molecule has 114 valence electrons. The standard InChI is InChI=1S/C17H23NO3/c1-10(16(19)21-17(3,4)5)15-11(2)18-14-8-7-12(20-6)9-13(14)15/h7-10,18H,1-6H3. The van der Waals surface area contributed by atoms with Crippen LogP contribution in [0.4, 0.5) is 0 Å². The van der Waals surface area contributed by atoms with Crippen molar-refractivity contribution in [3.63, 3.8) is 0 Å². The van der Waals surface area contributed by atoms with Gasteiger partial charge in [-0.25, -0.2) is 0 Å². The van der Waals surface area contributed by atoms with Crippen molar-refractivity contribution < 1.29 is 14.3 Å². The fourth-order valence-electron chi connectivity index (χ4n) is 2.52. The number of carbonyl (C=O) groups is 1. The van der Waals surface area contributed by atoms with Gasteiger partial charge in [0, 0.05) is 16.6 Å². The largest absolute Gasteiger partial charge is 0.497 e. The number of esters is 1. The van der Waals surface area contributed by atoms with Crippen LogP contribution in [0.15, 0.2) is 18.2 Å². The zero-order valence-corrected chi connectivity index (χ0v) is 13.5.